The number of aldehydes is 1. The van der Waals surface area contributed by atoms with Gasteiger partial charge in [-0.1, -0.05) is 34.6 Å². The van der Waals surface area contributed by atoms with E-state index >= 15 is 0 Å². The van der Waals surface area contributed by atoms with Gasteiger partial charge in [-0.25, -0.2) is 4.79 Å². The summed E-state index contributed by atoms with van der Waals surface area (Å²) in [5.41, 5.74) is 4.27. The van der Waals surface area contributed by atoms with Crippen LogP contribution in [0.15, 0.2) is 0 Å². The van der Waals surface area contributed by atoms with E-state index in [4.69, 9.17) is 5.73 Å². The number of amides is 5. The Hall–Kier alpha value is -2.65. The lowest BCUT2D eigenvalue weighted by Crippen LogP contribution is -2.62. The number of fused-ring (bicyclic) bond motifs is 1. The quantitative estimate of drug-likeness (QED) is 0.359. The highest BCUT2D eigenvalue weighted by Gasteiger charge is 2.69. The first-order chi connectivity index (χ1) is 16.9. The van der Waals surface area contributed by atoms with Gasteiger partial charge >= 0.3 is 6.03 Å². The van der Waals surface area contributed by atoms with Crippen molar-refractivity contribution in [3.8, 4) is 0 Å². The lowest BCUT2D eigenvalue weighted by atomic mass is 9.70. The molecule has 208 valence electrons. The van der Waals surface area contributed by atoms with Crippen LogP contribution in [0.25, 0.3) is 0 Å². The van der Waals surface area contributed by atoms with Gasteiger partial charge in [-0.15, -0.1) is 0 Å². The molecule has 7 atom stereocenters. The monoisotopic (exact) mass is 519 g/mol. The third-order valence-electron chi connectivity index (χ3n) is 8.47. The summed E-state index contributed by atoms with van der Waals surface area (Å²) >= 11 is 0. The van der Waals surface area contributed by atoms with Crippen LogP contribution in [-0.4, -0.2) is 65.1 Å². The average Bonchev–Trinajstić information content (AvgIpc) is 3.06. The molecule has 0 aromatic carbocycles. The van der Waals surface area contributed by atoms with Crippen molar-refractivity contribution in [2.75, 3.05) is 6.54 Å². The largest absolute Gasteiger partial charge is 0.369 e. The van der Waals surface area contributed by atoms with E-state index < -0.39 is 35.1 Å². The standard InChI is InChI=1S/C27H45N5O5/c1-25(2,3)20(30-24(37)31-26(4,5)6)23(36)32-12-17-18(27(17,7)8)19(32)22(35)29-15(13-33)11-14-9-10-16(14)21(28)34/h13-20H,9-12H2,1-8H3,(H2,28,34)(H,29,35)(H2,30,31,37)/t14?,15?,16?,17?,18?,19-,20+/m0/s1. The maximum atomic E-state index is 13.9. The Morgan fingerprint density at radius 3 is 2.14 bits per heavy atom. The number of rotatable bonds is 8. The number of primary amides is 1. The molecule has 10 heteroatoms. The van der Waals surface area contributed by atoms with Crippen molar-refractivity contribution in [1.82, 2.24) is 20.9 Å². The minimum atomic E-state index is -0.848. The van der Waals surface area contributed by atoms with Gasteiger partial charge in [0.25, 0.3) is 0 Å². The number of nitrogens with two attached hydrogens (primary N) is 1. The topological polar surface area (TPSA) is 151 Å². The van der Waals surface area contributed by atoms with E-state index in [2.05, 4.69) is 29.8 Å². The fraction of sp³-hybridized carbons (Fsp3) is 0.815. The predicted octanol–water partition coefficient (Wildman–Crippen LogP) is 1.57. The Morgan fingerprint density at radius 2 is 1.68 bits per heavy atom. The minimum absolute atomic E-state index is 0.0322. The number of piperidine rings is 1. The van der Waals surface area contributed by atoms with E-state index in [-0.39, 0.29) is 46.8 Å². The highest BCUT2D eigenvalue weighted by Crippen LogP contribution is 2.65. The molecular weight excluding hydrogens is 474 g/mol. The Bertz CT molecular complexity index is 950. The zero-order valence-corrected chi connectivity index (χ0v) is 23.5. The van der Waals surface area contributed by atoms with Gasteiger partial charge in [-0.3, -0.25) is 14.4 Å². The lowest BCUT2D eigenvalue weighted by Gasteiger charge is -2.39. The summed E-state index contributed by atoms with van der Waals surface area (Å²) in [6.45, 7) is 15.8. The van der Waals surface area contributed by atoms with Crippen LogP contribution in [0.5, 0.6) is 0 Å². The van der Waals surface area contributed by atoms with Gasteiger partial charge in [-0.2, -0.15) is 0 Å². The van der Waals surface area contributed by atoms with Crippen LogP contribution in [-0.2, 0) is 19.2 Å². The molecule has 1 aliphatic heterocycles. The van der Waals surface area contributed by atoms with E-state index in [9.17, 15) is 24.0 Å². The number of nitrogens with one attached hydrogen (secondary N) is 3. The van der Waals surface area contributed by atoms with Gasteiger partial charge < -0.3 is 31.4 Å². The first-order valence-corrected chi connectivity index (χ1v) is 13.3. The molecule has 2 aliphatic carbocycles. The number of nitrogens with zero attached hydrogens (tertiary/aromatic N) is 1. The maximum Gasteiger partial charge on any atom is 0.315 e. The number of hydrogen-bond acceptors (Lipinski definition) is 5. The van der Waals surface area contributed by atoms with Crippen molar-refractivity contribution in [3.05, 3.63) is 0 Å². The van der Waals surface area contributed by atoms with Gasteiger partial charge in [-0.05, 0) is 68.6 Å². The molecule has 3 fully saturated rings. The molecule has 1 saturated heterocycles. The molecular formula is C27H45N5O5. The zero-order valence-electron chi connectivity index (χ0n) is 23.5. The van der Waals surface area contributed by atoms with Crippen LogP contribution in [0.3, 0.4) is 0 Å². The second kappa shape index (κ2) is 9.91. The summed E-state index contributed by atoms with van der Waals surface area (Å²) in [6, 6.07) is -2.79. The van der Waals surface area contributed by atoms with E-state index in [1.165, 1.54) is 0 Å². The third-order valence-corrected chi connectivity index (χ3v) is 8.47. The van der Waals surface area contributed by atoms with Crippen LogP contribution in [0, 0.1) is 34.5 Å². The van der Waals surface area contributed by atoms with Crippen LogP contribution < -0.4 is 21.7 Å². The molecule has 10 nitrogen and oxygen atoms in total. The highest BCUT2D eigenvalue weighted by atomic mass is 16.2. The van der Waals surface area contributed by atoms with Crippen LogP contribution in [0.2, 0.25) is 0 Å². The first kappa shape index (κ1) is 28.9. The second-order valence-corrected chi connectivity index (χ2v) is 13.9. The van der Waals surface area contributed by atoms with Crippen molar-refractivity contribution < 1.29 is 24.0 Å². The molecule has 0 spiro atoms. The summed E-state index contributed by atoms with van der Waals surface area (Å²) < 4.78 is 0. The third kappa shape index (κ3) is 6.09. The van der Waals surface area contributed by atoms with Gasteiger partial charge in [0.2, 0.25) is 17.7 Å². The molecule has 0 bridgehead atoms. The SMILES string of the molecule is CC(C)(C)NC(=O)N[C@H](C(=O)N1CC2C([C@H]1C(=O)NC(C=O)CC1CCC1C(N)=O)C2(C)C)C(C)(C)C. The number of urea groups is 1. The molecule has 0 aromatic heterocycles. The molecule has 1 heterocycles. The molecule has 37 heavy (non-hydrogen) atoms. The van der Waals surface area contributed by atoms with Gasteiger partial charge in [0.15, 0.2) is 0 Å². The van der Waals surface area contributed by atoms with Crippen molar-refractivity contribution in [2.45, 2.75) is 98.3 Å². The van der Waals surface area contributed by atoms with Gasteiger partial charge in [0, 0.05) is 18.0 Å². The maximum absolute atomic E-state index is 13.9. The van der Waals surface area contributed by atoms with Gasteiger partial charge in [0.1, 0.15) is 18.4 Å². The summed E-state index contributed by atoms with van der Waals surface area (Å²) in [5, 5.41) is 8.51. The summed E-state index contributed by atoms with van der Waals surface area (Å²) in [6.07, 6.45) is 2.53. The van der Waals surface area contributed by atoms with Crippen molar-refractivity contribution in [2.24, 2.45) is 40.2 Å². The average molecular weight is 520 g/mol. The molecule has 3 aliphatic rings. The van der Waals surface area contributed by atoms with Crippen LogP contribution in [0.4, 0.5) is 4.79 Å². The van der Waals surface area contributed by atoms with Crippen molar-refractivity contribution in [1.29, 1.82) is 0 Å². The molecule has 0 aromatic rings. The summed E-state index contributed by atoms with van der Waals surface area (Å²) in [5.74, 6) is -1.23. The summed E-state index contributed by atoms with van der Waals surface area (Å²) in [4.78, 5) is 65.2. The van der Waals surface area contributed by atoms with Crippen LogP contribution >= 0.6 is 0 Å². The van der Waals surface area contributed by atoms with Crippen molar-refractivity contribution >= 4 is 30.0 Å². The number of likely N-dealkylation sites (tertiary alicyclic amines) is 1. The Morgan fingerprint density at radius 1 is 1.05 bits per heavy atom. The van der Waals surface area contributed by atoms with Gasteiger partial charge in [0.05, 0.1) is 6.04 Å². The molecule has 5 amide bonds. The van der Waals surface area contributed by atoms with E-state index in [1.54, 1.807) is 4.90 Å². The van der Waals surface area contributed by atoms with E-state index in [0.717, 1.165) is 6.42 Å². The Kier molecular flexibility index (Phi) is 7.74. The number of hydrogen-bond donors (Lipinski definition) is 4. The highest BCUT2D eigenvalue weighted by molar-refractivity contribution is 5.94. The number of carbonyl (C=O) groups is 5. The van der Waals surface area contributed by atoms with E-state index in [1.807, 2.05) is 41.5 Å². The predicted molar refractivity (Wildman–Crippen MR) is 139 cm³/mol. The Balaban J connectivity index is 1.77. The lowest BCUT2D eigenvalue weighted by molar-refractivity contribution is -0.144. The Labute approximate surface area is 220 Å². The smallest absolute Gasteiger partial charge is 0.315 e. The fourth-order valence-corrected chi connectivity index (χ4v) is 6.10. The molecule has 5 N–H and O–H groups in total. The van der Waals surface area contributed by atoms with Crippen molar-refractivity contribution in [3.63, 3.8) is 0 Å². The molecule has 0 radical (unpaired) electrons. The summed E-state index contributed by atoms with van der Waals surface area (Å²) in [7, 11) is 0. The normalized spacial score (nSPS) is 29.7. The molecule has 2 saturated carbocycles. The molecule has 5 unspecified atom stereocenters. The fourth-order valence-electron chi connectivity index (χ4n) is 6.10. The number of carbonyl (C=O) groups excluding carboxylic acids is 5. The zero-order chi connectivity index (χ0) is 28.1. The first-order valence-electron chi connectivity index (χ1n) is 13.3. The second-order valence-electron chi connectivity index (χ2n) is 13.9. The molecule has 3 rings (SSSR count). The van der Waals surface area contributed by atoms with Crippen LogP contribution in [0.1, 0.15) is 74.7 Å². The van der Waals surface area contributed by atoms with E-state index in [0.29, 0.717) is 25.7 Å². The minimum Gasteiger partial charge on any atom is -0.369 e.